The average Bonchev–Trinajstić information content (AvgIpc) is 2.04. The quantitative estimate of drug-likeness (QED) is 0.653. The van der Waals surface area contributed by atoms with Crippen LogP contribution < -0.4 is 0 Å². The van der Waals surface area contributed by atoms with Gasteiger partial charge in [0.05, 0.1) is 11.1 Å². The van der Waals surface area contributed by atoms with Crippen LogP contribution in [0, 0.1) is 0 Å². The molecule has 1 rings (SSSR count). The Balaban J connectivity index is 0. The molecule has 0 spiro atoms. The van der Waals surface area contributed by atoms with Gasteiger partial charge in [-0.25, -0.2) is 9.59 Å². The van der Waals surface area contributed by atoms with Crippen LogP contribution in [0.25, 0.3) is 0 Å². The van der Waals surface area contributed by atoms with Crippen LogP contribution in [0.3, 0.4) is 0 Å². The van der Waals surface area contributed by atoms with E-state index in [0.717, 1.165) is 0 Å². The molecule has 0 aromatic heterocycles. The minimum absolute atomic E-state index is 0. The first-order chi connectivity index (χ1) is 5.63. The van der Waals surface area contributed by atoms with Crippen LogP contribution in [0.1, 0.15) is 20.7 Å². The van der Waals surface area contributed by atoms with Gasteiger partial charge in [0.1, 0.15) is 0 Å². The molecule has 0 saturated heterocycles. The van der Waals surface area contributed by atoms with Crippen molar-refractivity contribution < 1.29 is 25.3 Å². The summed E-state index contributed by atoms with van der Waals surface area (Å²) in [6, 6.07) is 5.48. The van der Waals surface area contributed by atoms with Crippen molar-refractivity contribution in [2.75, 3.05) is 0 Å². The normalized spacial score (nSPS) is 8.00. The zero-order valence-corrected chi connectivity index (χ0v) is 6.52. The molecule has 0 aliphatic rings. The summed E-state index contributed by atoms with van der Waals surface area (Å²) >= 11 is 0. The molecule has 4 N–H and O–H groups in total. The monoisotopic (exact) mass is 226 g/mol. The fourth-order valence-corrected chi connectivity index (χ4v) is 0.856. The third-order valence-electron chi connectivity index (χ3n) is 1.39. The number of carbonyl (C=O) groups is 2. The number of aromatic carboxylic acids is 2. The van der Waals surface area contributed by atoms with Crippen molar-refractivity contribution in [2.24, 2.45) is 0 Å². The number of benzene rings is 1. The molecular formula is C8H10CaO5. The fraction of sp³-hybridized carbons (Fsp3) is 0. The van der Waals surface area contributed by atoms with Crippen molar-refractivity contribution >= 4 is 49.7 Å². The van der Waals surface area contributed by atoms with E-state index in [0.29, 0.717) is 0 Å². The molecule has 0 atom stereocenters. The Labute approximate surface area is 110 Å². The van der Waals surface area contributed by atoms with Crippen LogP contribution in [0.5, 0.6) is 0 Å². The Morgan fingerprint density at radius 1 is 0.929 bits per heavy atom. The van der Waals surface area contributed by atoms with E-state index in [1.165, 1.54) is 24.3 Å². The van der Waals surface area contributed by atoms with Gasteiger partial charge in [0, 0.05) is 0 Å². The number of hydrogen-bond acceptors (Lipinski definition) is 2. The first-order valence-corrected chi connectivity index (χ1v) is 3.18. The number of rotatable bonds is 2. The van der Waals surface area contributed by atoms with E-state index in [-0.39, 0.29) is 54.3 Å². The molecule has 74 valence electrons. The standard InChI is InChI=1S/C8H6O4.Ca.H2O.2H/c9-7(10)5-3-1-2-4-6(5)8(11)12;;;;/h1-4H,(H,9,10)(H,11,12);;1H2;;. The second-order valence-corrected chi connectivity index (χ2v) is 2.16. The van der Waals surface area contributed by atoms with Gasteiger partial charge in [0.15, 0.2) is 0 Å². The van der Waals surface area contributed by atoms with E-state index < -0.39 is 11.9 Å². The van der Waals surface area contributed by atoms with E-state index in [4.69, 9.17) is 10.2 Å². The topological polar surface area (TPSA) is 106 Å². The molecule has 0 bridgehead atoms. The molecule has 0 radical (unpaired) electrons. The molecule has 0 fully saturated rings. The predicted octanol–water partition coefficient (Wildman–Crippen LogP) is -0.658. The zero-order valence-electron chi connectivity index (χ0n) is 6.52. The second kappa shape index (κ2) is 6.78. The van der Waals surface area contributed by atoms with Crippen molar-refractivity contribution in [2.45, 2.75) is 0 Å². The van der Waals surface area contributed by atoms with Gasteiger partial charge in [-0.3, -0.25) is 0 Å². The van der Waals surface area contributed by atoms with Gasteiger partial charge in [-0.1, -0.05) is 12.1 Å². The van der Waals surface area contributed by atoms with E-state index in [1.807, 2.05) is 0 Å². The van der Waals surface area contributed by atoms with Crippen molar-refractivity contribution in [3.05, 3.63) is 35.4 Å². The Hall–Kier alpha value is -0.620. The SMILES string of the molecule is O.O=C(O)c1ccccc1C(=O)O.[CaH2]. The second-order valence-electron chi connectivity index (χ2n) is 2.16. The van der Waals surface area contributed by atoms with E-state index >= 15 is 0 Å². The van der Waals surface area contributed by atoms with E-state index in [2.05, 4.69) is 0 Å². The first kappa shape index (κ1) is 15.8. The maximum atomic E-state index is 10.5. The third-order valence-corrected chi connectivity index (χ3v) is 1.39. The maximum absolute atomic E-state index is 10.5. The molecular weight excluding hydrogens is 216 g/mol. The summed E-state index contributed by atoms with van der Waals surface area (Å²) in [6.45, 7) is 0. The van der Waals surface area contributed by atoms with E-state index in [1.54, 1.807) is 0 Å². The van der Waals surface area contributed by atoms with Gasteiger partial charge in [0.25, 0.3) is 0 Å². The molecule has 1 aromatic carbocycles. The molecule has 5 nitrogen and oxygen atoms in total. The van der Waals surface area contributed by atoms with Crippen LogP contribution in [0.2, 0.25) is 0 Å². The number of hydrogen-bond donors (Lipinski definition) is 2. The van der Waals surface area contributed by atoms with Crippen molar-refractivity contribution in [1.29, 1.82) is 0 Å². The molecule has 0 heterocycles. The van der Waals surface area contributed by atoms with Crippen LogP contribution >= 0.6 is 0 Å². The van der Waals surface area contributed by atoms with Crippen molar-refractivity contribution in [3.63, 3.8) is 0 Å². The summed E-state index contributed by atoms with van der Waals surface area (Å²) in [5, 5.41) is 17.1. The fourth-order valence-electron chi connectivity index (χ4n) is 0.856. The molecule has 0 saturated carbocycles. The molecule has 0 amide bonds. The molecule has 6 heteroatoms. The summed E-state index contributed by atoms with van der Waals surface area (Å²) in [7, 11) is 0. The molecule has 0 aliphatic heterocycles. The number of carboxylic acid groups (broad SMARTS) is 2. The van der Waals surface area contributed by atoms with Crippen molar-refractivity contribution in [3.8, 4) is 0 Å². The molecule has 1 aromatic rings. The Morgan fingerprint density at radius 2 is 1.21 bits per heavy atom. The van der Waals surface area contributed by atoms with Gasteiger partial charge in [0.2, 0.25) is 0 Å². The Kier molecular flexibility index (Phi) is 7.67. The van der Waals surface area contributed by atoms with Gasteiger partial charge in [-0.2, -0.15) is 0 Å². The summed E-state index contributed by atoms with van der Waals surface area (Å²) < 4.78 is 0. The van der Waals surface area contributed by atoms with Crippen LogP contribution in [0.4, 0.5) is 0 Å². The van der Waals surface area contributed by atoms with Gasteiger partial charge < -0.3 is 15.7 Å². The van der Waals surface area contributed by atoms with Crippen LogP contribution in [0.15, 0.2) is 24.3 Å². The minimum atomic E-state index is -1.23. The van der Waals surface area contributed by atoms with Gasteiger partial charge in [-0.05, 0) is 12.1 Å². The summed E-state index contributed by atoms with van der Waals surface area (Å²) in [5.41, 5.74) is -0.380. The van der Waals surface area contributed by atoms with Gasteiger partial charge in [-0.15, -0.1) is 0 Å². The first-order valence-electron chi connectivity index (χ1n) is 3.18. The predicted molar refractivity (Wildman–Crippen MR) is 52.5 cm³/mol. The van der Waals surface area contributed by atoms with Crippen LogP contribution in [-0.2, 0) is 0 Å². The summed E-state index contributed by atoms with van der Waals surface area (Å²) in [5.74, 6) is -2.46. The third kappa shape index (κ3) is 3.63. The van der Waals surface area contributed by atoms with Crippen molar-refractivity contribution in [1.82, 2.24) is 0 Å². The molecule has 0 unspecified atom stereocenters. The van der Waals surface area contributed by atoms with Crippen LogP contribution in [-0.4, -0.2) is 65.4 Å². The summed E-state index contributed by atoms with van der Waals surface area (Å²) in [6.07, 6.45) is 0. The van der Waals surface area contributed by atoms with E-state index in [9.17, 15) is 9.59 Å². The summed E-state index contributed by atoms with van der Waals surface area (Å²) in [4.78, 5) is 20.9. The zero-order chi connectivity index (χ0) is 9.14. The molecule has 0 aliphatic carbocycles. The molecule has 14 heavy (non-hydrogen) atoms. The Morgan fingerprint density at radius 3 is 1.43 bits per heavy atom. The average molecular weight is 226 g/mol. The number of carboxylic acids is 2. The van der Waals surface area contributed by atoms with Gasteiger partial charge >= 0.3 is 49.7 Å². The Bertz CT molecular complexity index is 303.